The molecule has 0 aromatic carbocycles. The summed E-state index contributed by atoms with van der Waals surface area (Å²) in [6.45, 7) is 4.39. The van der Waals surface area contributed by atoms with Crippen LogP contribution in [-0.2, 0) is 14.3 Å². The monoisotopic (exact) mass is 522 g/mol. The van der Waals surface area contributed by atoms with Crippen LogP contribution in [0.4, 0.5) is 0 Å². The van der Waals surface area contributed by atoms with Crippen molar-refractivity contribution in [2.24, 2.45) is 0 Å². The molecule has 1 unspecified atom stereocenters. The van der Waals surface area contributed by atoms with Crippen molar-refractivity contribution in [2.45, 2.75) is 161 Å². The number of carbonyl (C=O) groups is 1. The maximum Gasteiger partial charge on any atom is 0.303 e. The smallest absolute Gasteiger partial charge is 0.303 e. The molecule has 0 aliphatic rings. The molecule has 1 N–H and O–H groups in total. The molecule has 0 radical (unpaired) electrons. The quantitative estimate of drug-likeness (QED) is 0.0603. The zero-order chi connectivity index (χ0) is 27.1. The van der Waals surface area contributed by atoms with Gasteiger partial charge in [0.15, 0.2) is 0 Å². The Morgan fingerprint density at radius 3 is 1.51 bits per heavy atom. The summed E-state index contributed by atoms with van der Waals surface area (Å²) in [7, 11) is 0. The molecule has 0 aliphatic carbocycles. The van der Waals surface area contributed by atoms with E-state index in [2.05, 4.69) is 31.2 Å². The van der Waals surface area contributed by atoms with Crippen molar-refractivity contribution in [1.82, 2.24) is 0 Å². The van der Waals surface area contributed by atoms with E-state index in [1.165, 1.54) is 135 Å². The Morgan fingerprint density at radius 2 is 1.08 bits per heavy atom. The Morgan fingerprint density at radius 1 is 0.649 bits per heavy atom. The third kappa shape index (κ3) is 31.0. The Balaban J connectivity index is 3.20. The molecule has 0 aromatic heterocycles. The number of ether oxygens (including phenoxy) is 2. The highest BCUT2D eigenvalue weighted by Crippen LogP contribution is 2.14. The normalized spacial score (nSPS) is 12.6. The molecular formula is C33H62O4. The lowest BCUT2D eigenvalue weighted by molar-refractivity contribution is -0.152. The van der Waals surface area contributed by atoms with Gasteiger partial charge in [-0.3, -0.25) is 4.79 Å². The fourth-order valence-corrected chi connectivity index (χ4v) is 4.53. The van der Waals surface area contributed by atoms with Crippen LogP contribution in [0.1, 0.15) is 155 Å². The third-order valence-electron chi connectivity index (χ3n) is 6.83. The number of hydrogen-bond donors (Lipinski definition) is 1. The summed E-state index contributed by atoms with van der Waals surface area (Å²) in [5, 5.41) is 9.12. The van der Waals surface area contributed by atoms with Crippen molar-refractivity contribution in [3.63, 3.8) is 0 Å². The molecule has 0 heterocycles. The van der Waals surface area contributed by atoms with Gasteiger partial charge in [-0.25, -0.2) is 0 Å². The maximum absolute atomic E-state index is 10.9. The van der Waals surface area contributed by atoms with E-state index in [0.29, 0.717) is 6.61 Å². The SMILES string of the molecule is CCCCCCC/C=C\C/C=C\CCCCCCCCCCCCCCCCOCC(CO)OC(C)=O. The van der Waals surface area contributed by atoms with Crippen LogP contribution < -0.4 is 0 Å². The number of carbonyl (C=O) groups excluding carboxylic acids is 1. The van der Waals surface area contributed by atoms with Crippen LogP contribution in [-0.4, -0.2) is 37.0 Å². The van der Waals surface area contributed by atoms with Gasteiger partial charge in [0.1, 0.15) is 6.10 Å². The van der Waals surface area contributed by atoms with Gasteiger partial charge in [0.05, 0.1) is 13.2 Å². The molecule has 4 nitrogen and oxygen atoms in total. The van der Waals surface area contributed by atoms with Crippen LogP contribution in [0.3, 0.4) is 0 Å². The molecule has 0 fully saturated rings. The lowest BCUT2D eigenvalue weighted by Gasteiger charge is -2.14. The van der Waals surface area contributed by atoms with Crippen molar-refractivity contribution in [3.8, 4) is 0 Å². The minimum Gasteiger partial charge on any atom is -0.458 e. The molecule has 0 aliphatic heterocycles. The first-order valence-electron chi connectivity index (χ1n) is 15.9. The second-order valence-electron chi connectivity index (χ2n) is 10.6. The van der Waals surface area contributed by atoms with Crippen molar-refractivity contribution >= 4 is 5.97 Å². The molecule has 0 amide bonds. The number of unbranched alkanes of at least 4 members (excludes halogenated alkanes) is 19. The van der Waals surface area contributed by atoms with Crippen molar-refractivity contribution < 1.29 is 19.4 Å². The van der Waals surface area contributed by atoms with Gasteiger partial charge in [-0.15, -0.1) is 0 Å². The fourth-order valence-electron chi connectivity index (χ4n) is 4.53. The highest BCUT2D eigenvalue weighted by molar-refractivity contribution is 5.66. The third-order valence-corrected chi connectivity index (χ3v) is 6.83. The molecule has 0 saturated carbocycles. The van der Waals surface area contributed by atoms with Crippen LogP contribution in [0.5, 0.6) is 0 Å². The van der Waals surface area contributed by atoms with E-state index in [1.54, 1.807) is 0 Å². The van der Waals surface area contributed by atoms with E-state index >= 15 is 0 Å². The van der Waals surface area contributed by atoms with Gasteiger partial charge in [0.2, 0.25) is 0 Å². The highest BCUT2D eigenvalue weighted by Gasteiger charge is 2.10. The van der Waals surface area contributed by atoms with Gasteiger partial charge in [-0.1, -0.05) is 134 Å². The number of allylic oxidation sites excluding steroid dienone is 4. The Hall–Kier alpha value is -1.13. The van der Waals surface area contributed by atoms with E-state index in [0.717, 1.165) is 12.8 Å². The first-order valence-corrected chi connectivity index (χ1v) is 15.9. The molecule has 0 spiro atoms. The predicted octanol–water partition coefficient (Wildman–Crippen LogP) is 9.64. The molecule has 0 rings (SSSR count). The fraction of sp³-hybridized carbons (Fsp3) is 0.848. The number of aliphatic hydroxyl groups excluding tert-OH is 1. The topological polar surface area (TPSA) is 55.8 Å². The minimum absolute atomic E-state index is 0.185. The summed E-state index contributed by atoms with van der Waals surface area (Å²) >= 11 is 0. The number of aliphatic hydroxyl groups is 1. The van der Waals surface area contributed by atoms with Gasteiger partial charge in [0, 0.05) is 13.5 Å². The van der Waals surface area contributed by atoms with Gasteiger partial charge in [0.25, 0.3) is 0 Å². The lowest BCUT2D eigenvalue weighted by Crippen LogP contribution is -2.26. The van der Waals surface area contributed by atoms with Crippen LogP contribution in [0.15, 0.2) is 24.3 Å². The zero-order valence-electron chi connectivity index (χ0n) is 24.7. The Bertz CT molecular complexity index is 514. The standard InChI is InChI=1S/C33H62O4/c1-3-4-5-6-7-8-9-10-11-12-13-14-15-16-17-18-19-20-21-22-23-24-25-26-27-28-29-36-31-33(30-34)37-32(2)35/h9-10,12-13,33-34H,3-8,11,14-31H2,1-2H3/b10-9-,13-12-. The summed E-state index contributed by atoms with van der Waals surface area (Å²) < 4.78 is 10.4. The van der Waals surface area contributed by atoms with Crippen LogP contribution in [0.25, 0.3) is 0 Å². The average Bonchev–Trinajstić information content (AvgIpc) is 2.89. The minimum atomic E-state index is -0.531. The van der Waals surface area contributed by atoms with Crippen LogP contribution in [0, 0.1) is 0 Å². The van der Waals surface area contributed by atoms with Gasteiger partial charge in [-0.05, 0) is 38.5 Å². The molecule has 37 heavy (non-hydrogen) atoms. The Kier molecular flexibility index (Phi) is 30.1. The summed E-state index contributed by atoms with van der Waals surface area (Å²) in [6.07, 6.45) is 38.0. The second-order valence-corrected chi connectivity index (χ2v) is 10.6. The number of esters is 1. The van der Waals surface area contributed by atoms with E-state index in [9.17, 15) is 4.79 Å². The van der Waals surface area contributed by atoms with Gasteiger partial charge >= 0.3 is 5.97 Å². The summed E-state index contributed by atoms with van der Waals surface area (Å²) in [4.78, 5) is 10.9. The summed E-state index contributed by atoms with van der Waals surface area (Å²) in [5.74, 6) is -0.376. The van der Waals surface area contributed by atoms with Crippen LogP contribution in [0.2, 0.25) is 0 Å². The lowest BCUT2D eigenvalue weighted by atomic mass is 10.0. The summed E-state index contributed by atoms with van der Waals surface area (Å²) in [5.41, 5.74) is 0. The molecule has 1 atom stereocenters. The molecule has 218 valence electrons. The molecule has 0 saturated heterocycles. The first kappa shape index (κ1) is 35.9. The number of hydrogen-bond acceptors (Lipinski definition) is 4. The average molecular weight is 523 g/mol. The largest absolute Gasteiger partial charge is 0.458 e. The molecule has 0 aromatic rings. The molecule has 0 bridgehead atoms. The molecular weight excluding hydrogens is 460 g/mol. The molecule has 4 heteroatoms. The van der Waals surface area contributed by atoms with E-state index in [1.807, 2.05) is 0 Å². The van der Waals surface area contributed by atoms with Crippen molar-refractivity contribution in [1.29, 1.82) is 0 Å². The highest BCUT2D eigenvalue weighted by atomic mass is 16.6. The summed E-state index contributed by atoms with van der Waals surface area (Å²) in [6, 6.07) is 0. The maximum atomic E-state index is 10.9. The first-order chi connectivity index (χ1) is 18.2. The van der Waals surface area contributed by atoms with Crippen LogP contribution >= 0.6 is 0 Å². The van der Waals surface area contributed by atoms with E-state index in [-0.39, 0.29) is 19.2 Å². The zero-order valence-corrected chi connectivity index (χ0v) is 24.7. The van der Waals surface area contributed by atoms with Gasteiger partial charge < -0.3 is 14.6 Å². The van der Waals surface area contributed by atoms with E-state index < -0.39 is 6.10 Å². The predicted molar refractivity (Wildman–Crippen MR) is 159 cm³/mol. The number of rotatable bonds is 29. The Labute approximate surface area is 230 Å². The van der Waals surface area contributed by atoms with Crippen molar-refractivity contribution in [2.75, 3.05) is 19.8 Å². The second kappa shape index (κ2) is 31.1. The van der Waals surface area contributed by atoms with Crippen molar-refractivity contribution in [3.05, 3.63) is 24.3 Å². The van der Waals surface area contributed by atoms with Gasteiger partial charge in [-0.2, -0.15) is 0 Å². The van der Waals surface area contributed by atoms with E-state index in [4.69, 9.17) is 14.6 Å².